The van der Waals surface area contributed by atoms with Crippen molar-refractivity contribution in [1.29, 1.82) is 0 Å². The number of amides is 2. The van der Waals surface area contributed by atoms with E-state index in [4.69, 9.17) is 9.84 Å². The molecule has 20 heteroatoms. The fraction of sp³-hybridized carbons (Fsp3) is 0.542. The van der Waals surface area contributed by atoms with E-state index in [1.165, 1.54) is 92.5 Å². The first kappa shape index (κ1) is 51.1. The maximum absolute atomic E-state index is 13.0. The summed E-state index contributed by atoms with van der Waals surface area (Å²) in [6.45, 7) is 9.97. The van der Waals surface area contributed by atoms with Crippen LogP contribution in [0.1, 0.15) is 113 Å². The molecule has 1 atom stereocenters. The van der Waals surface area contributed by atoms with Gasteiger partial charge in [0.25, 0.3) is 17.9 Å². The summed E-state index contributed by atoms with van der Waals surface area (Å²) in [4.78, 5) is 61.7. The number of halogens is 2. The van der Waals surface area contributed by atoms with E-state index < -0.39 is 36.1 Å². The summed E-state index contributed by atoms with van der Waals surface area (Å²) in [7, 11) is 0. The molecule has 0 radical (unpaired) electrons. The predicted molar refractivity (Wildman–Crippen MR) is 257 cm³/mol. The van der Waals surface area contributed by atoms with Gasteiger partial charge in [0.05, 0.1) is 54.8 Å². The third-order valence-electron chi connectivity index (χ3n) is 12.3. The molecule has 3 fully saturated rings. The number of pyridine rings is 2. The predicted octanol–water partition coefficient (Wildman–Crippen LogP) is 6.96. The molecule has 5 aromatic rings. The highest BCUT2D eigenvalue weighted by Gasteiger charge is 2.27. The Morgan fingerprint density at radius 2 is 1.71 bits per heavy atom. The van der Waals surface area contributed by atoms with Crippen molar-refractivity contribution in [3.8, 4) is 0 Å². The second-order valence-corrected chi connectivity index (χ2v) is 17.1. The number of carboxylic acids is 1. The highest BCUT2D eigenvalue weighted by Crippen LogP contribution is 2.27. The molecule has 368 valence electrons. The zero-order valence-electron chi connectivity index (χ0n) is 39.2. The molecule has 5 N–H and O–H groups in total. The lowest BCUT2D eigenvalue weighted by atomic mass is 9.89. The number of ether oxygens (including phenoxy) is 1. The SMILES string of the molecule is CC.O=C(Nc1cn[nH]c1C(F)F)c1cnn2ccc(N3CCOCC3)nc12.O=C(O)Cn1cc(NC(=O)[C@H]2CCCN(c3cncc(CCCCCCNCC4CCCCC4)c3)C2)ccc1=O. The largest absolute Gasteiger partial charge is 0.480 e. The van der Waals surface area contributed by atoms with Crippen LogP contribution in [0, 0.1) is 11.8 Å². The lowest BCUT2D eigenvalue weighted by Crippen LogP contribution is -2.41. The molecule has 1 saturated carbocycles. The molecule has 0 aromatic carbocycles. The molecule has 2 aliphatic heterocycles. The second-order valence-electron chi connectivity index (χ2n) is 17.1. The highest BCUT2D eigenvalue weighted by atomic mass is 19.3. The Morgan fingerprint density at radius 3 is 2.49 bits per heavy atom. The van der Waals surface area contributed by atoms with Crippen LogP contribution in [0.3, 0.4) is 0 Å². The molecule has 1 aliphatic carbocycles. The van der Waals surface area contributed by atoms with E-state index in [9.17, 15) is 28.0 Å². The third kappa shape index (κ3) is 14.9. The Bertz CT molecular complexity index is 2430. The van der Waals surface area contributed by atoms with E-state index in [1.807, 2.05) is 31.1 Å². The van der Waals surface area contributed by atoms with Gasteiger partial charge in [-0.2, -0.15) is 10.2 Å². The van der Waals surface area contributed by atoms with Gasteiger partial charge in [0.1, 0.15) is 23.6 Å². The molecule has 7 heterocycles. The van der Waals surface area contributed by atoms with Crippen molar-refractivity contribution in [1.82, 2.24) is 39.7 Å². The molecule has 3 aliphatic rings. The smallest absolute Gasteiger partial charge is 0.323 e. The first-order valence-corrected chi connectivity index (χ1v) is 24.0. The van der Waals surface area contributed by atoms with Crippen LogP contribution in [-0.2, 0) is 27.3 Å². The summed E-state index contributed by atoms with van der Waals surface area (Å²) in [5, 5.41) is 27.8. The summed E-state index contributed by atoms with van der Waals surface area (Å²) < 4.78 is 33.7. The number of aliphatic carboxylic acids is 1. The number of carbonyl (C=O) groups excluding carboxylic acids is 2. The number of nitrogens with one attached hydrogen (secondary N) is 4. The van der Waals surface area contributed by atoms with Crippen molar-refractivity contribution in [2.24, 2.45) is 11.8 Å². The molecule has 2 amide bonds. The van der Waals surface area contributed by atoms with E-state index in [2.05, 4.69) is 52.2 Å². The second kappa shape index (κ2) is 26.3. The lowest BCUT2D eigenvalue weighted by molar-refractivity contribution is -0.137. The van der Waals surface area contributed by atoms with Gasteiger partial charge in [-0.05, 0) is 87.7 Å². The Morgan fingerprint density at radius 1 is 0.912 bits per heavy atom. The van der Waals surface area contributed by atoms with Gasteiger partial charge in [-0.3, -0.25) is 29.3 Å². The van der Waals surface area contributed by atoms with Crippen LogP contribution in [0.5, 0.6) is 0 Å². The Labute approximate surface area is 395 Å². The van der Waals surface area contributed by atoms with Crippen LogP contribution in [0.2, 0.25) is 0 Å². The minimum Gasteiger partial charge on any atom is -0.480 e. The van der Waals surface area contributed by atoms with Crippen molar-refractivity contribution in [2.45, 2.75) is 104 Å². The van der Waals surface area contributed by atoms with Gasteiger partial charge >= 0.3 is 5.97 Å². The van der Waals surface area contributed by atoms with E-state index >= 15 is 0 Å². The molecular weight excluding hydrogens is 879 g/mol. The molecule has 0 spiro atoms. The third-order valence-corrected chi connectivity index (χ3v) is 12.3. The van der Waals surface area contributed by atoms with Gasteiger partial charge in [0.2, 0.25) is 5.91 Å². The van der Waals surface area contributed by atoms with Crippen LogP contribution in [0.25, 0.3) is 5.65 Å². The topological polar surface area (TPSA) is 217 Å². The summed E-state index contributed by atoms with van der Waals surface area (Å²) in [5.74, 6) is -0.428. The Hall–Kier alpha value is -6.28. The van der Waals surface area contributed by atoms with E-state index in [0.717, 1.165) is 61.1 Å². The standard InChI is InChI=1S/C31H45N5O4.C15H15F2N7O2.C2H6/c37-29-14-13-27(22-36(29)23-30(38)39)34-31(40)26-12-8-16-35(21-26)28-17-25(19-33-20-28)11-4-1-2-7-15-32-18-24-9-5-3-6-10-24;16-13(17)12-10(8-18-22-12)20-15(25)9-7-19-24-2-1-11(21-14(9)24)23-3-5-26-6-4-23;1-2/h13-14,17,19-20,22,24,26,32H,1-12,15-16,18,21,23H2,(H,34,40)(H,38,39);1-2,7-8,13H,3-6H2,(H,18,22)(H,20,25);1-2H3/t26-;;/m0../s1. The fourth-order valence-electron chi connectivity index (χ4n) is 8.70. The lowest BCUT2D eigenvalue weighted by Gasteiger charge is -2.33. The molecule has 68 heavy (non-hydrogen) atoms. The van der Waals surface area contributed by atoms with Crippen LogP contribution >= 0.6 is 0 Å². The summed E-state index contributed by atoms with van der Waals surface area (Å²) >= 11 is 0. The first-order chi connectivity index (χ1) is 33.1. The van der Waals surface area contributed by atoms with Crippen molar-refractivity contribution in [3.63, 3.8) is 0 Å². The monoisotopic (exact) mass is 945 g/mol. The minimum atomic E-state index is -2.78. The number of rotatable bonds is 18. The number of alkyl halides is 2. The number of aromatic amines is 1. The number of nitrogens with zero attached hydrogens (tertiary/aromatic N) is 8. The van der Waals surface area contributed by atoms with Crippen molar-refractivity contribution >= 4 is 46.3 Å². The molecule has 5 aromatic heterocycles. The van der Waals surface area contributed by atoms with Crippen molar-refractivity contribution < 1.29 is 33.0 Å². The van der Waals surface area contributed by atoms with E-state index in [0.29, 0.717) is 50.0 Å². The number of aryl methyl sites for hydroxylation is 1. The van der Waals surface area contributed by atoms with Gasteiger partial charge < -0.3 is 40.2 Å². The molecule has 18 nitrogen and oxygen atoms in total. The number of hydrogen-bond donors (Lipinski definition) is 5. The average Bonchev–Trinajstić information content (AvgIpc) is 4.02. The Kier molecular flexibility index (Phi) is 19.8. The average molecular weight is 945 g/mol. The minimum absolute atomic E-state index is 0.0753. The quantitative estimate of drug-likeness (QED) is 0.0562. The Balaban J connectivity index is 0.000000234. The van der Waals surface area contributed by atoms with Crippen LogP contribution < -0.4 is 31.3 Å². The molecular formula is C48H66F2N12O6. The zero-order chi connectivity index (χ0) is 48.3. The van der Waals surface area contributed by atoms with Crippen molar-refractivity contribution in [2.75, 3.05) is 72.9 Å². The normalized spacial score (nSPS) is 16.4. The summed E-state index contributed by atoms with van der Waals surface area (Å²) in [6.07, 6.45) is 21.2. The van der Waals surface area contributed by atoms with Gasteiger partial charge in [0, 0.05) is 50.8 Å². The van der Waals surface area contributed by atoms with Gasteiger partial charge in [-0.1, -0.05) is 46.0 Å². The van der Waals surface area contributed by atoms with Gasteiger partial charge in [0.15, 0.2) is 5.65 Å². The number of unbranched alkanes of at least 4 members (excludes halogenated alkanes) is 3. The number of carbonyl (C=O) groups is 3. The van der Waals surface area contributed by atoms with Crippen LogP contribution in [-0.4, -0.2) is 110 Å². The number of morpholine rings is 1. The number of piperidine rings is 1. The van der Waals surface area contributed by atoms with Crippen molar-refractivity contribution in [3.05, 3.63) is 88.6 Å². The molecule has 0 unspecified atom stereocenters. The van der Waals surface area contributed by atoms with Crippen LogP contribution in [0.4, 0.5) is 31.7 Å². The maximum atomic E-state index is 13.0. The number of aromatic nitrogens is 7. The first-order valence-electron chi connectivity index (χ1n) is 24.0. The molecule has 2 saturated heterocycles. The summed E-state index contributed by atoms with van der Waals surface area (Å²) in [5.41, 5.74) is 2.29. The van der Waals surface area contributed by atoms with Crippen LogP contribution in [0.15, 0.2) is 66.2 Å². The molecule has 8 rings (SSSR count). The number of H-pyrrole nitrogens is 1. The number of carboxylic acid groups (broad SMARTS) is 1. The molecule has 0 bridgehead atoms. The summed E-state index contributed by atoms with van der Waals surface area (Å²) in [6, 6.07) is 6.80. The van der Waals surface area contributed by atoms with E-state index in [1.54, 1.807) is 12.3 Å². The van der Waals surface area contributed by atoms with E-state index in [-0.39, 0.29) is 23.1 Å². The number of fused-ring (bicyclic) bond motifs is 1. The number of anilines is 4. The van der Waals surface area contributed by atoms with Gasteiger partial charge in [-0.15, -0.1) is 0 Å². The maximum Gasteiger partial charge on any atom is 0.323 e. The van der Waals surface area contributed by atoms with Gasteiger partial charge in [-0.25, -0.2) is 18.3 Å². The highest BCUT2D eigenvalue weighted by molar-refractivity contribution is 6.08. The number of hydrogen-bond acceptors (Lipinski definition) is 12. The fourth-order valence-corrected chi connectivity index (χ4v) is 8.70. The zero-order valence-corrected chi connectivity index (χ0v) is 39.2.